The monoisotopic (exact) mass is 261 g/mol. The molecule has 4 heteroatoms. The summed E-state index contributed by atoms with van der Waals surface area (Å²) >= 11 is 6.12. The van der Waals surface area contributed by atoms with Crippen molar-refractivity contribution < 1.29 is 0 Å². The van der Waals surface area contributed by atoms with Gasteiger partial charge in [-0.05, 0) is 36.6 Å². The molecule has 3 nitrogen and oxygen atoms in total. The van der Waals surface area contributed by atoms with Crippen molar-refractivity contribution in [3.8, 4) is 0 Å². The zero-order chi connectivity index (χ0) is 13.1. The fourth-order valence-electron chi connectivity index (χ4n) is 1.91. The molecule has 1 unspecified atom stereocenters. The lowest BCUT2D eigenvalue weighted by molar-refractivity contribution is 0.720. The van der Waals surface area contributed by atoms with E-state index in [2.05, 4.69) is 4.98 Å². The highest BCUT2D eigenvalue weighted by Gasteiger charge is 2.13. The number of nitrogens with zero attached hydrogens (tertiary/aromatic N) is 1. The molecule has 2 rings (SSSR count). The molecule has 0 saturated heterocycles. The Kier molecular flexibility index (Phi) is 3.84. The van der Waals surface area contributed by atoms with Crippen molar-refractivity contribution in [2.75, 3.05) is 5.73 Å². The normalized spacial score (nSPS) is 12.4. The SMILES string of the molecule is Cc1cnc(N)c(C(N)Cc2ccccc2Cl)c1. The molecule has 94 valence electrons. The molecule has 1 aromatic carbocycles. The van der Waals surface area contributed by atoms with E-state index in [9.17, 15) is 0 Å². The van der Waals surface area contributed by atoms with Gasteiger partial charge in [-0.25, -0.2) is 4.98 Å². The van der Waals surface area contributed by atoms with Gasteiger partial charge in [0.15, 0.2) is 0 Å². The van der Waals surface area contributed by atoms with E-state index in [-0.39, 0.29) is 6.04 Å². The average molecular weight is 262 g/mol. The van der Waals surface area contributed by atoms with Crippen LogP contribution in [0, 0.1) is 6.92 Å². The van der Waals surface area contributed by atoms with Gasteiger partial charge in [-0.1, -0.05) is 29.8 Å². The van der Waals surface area contributed by atoms with E-state index in [4.69, 9.17) is 23.1 Å². The molecule has 0 saturated carbocycles. The Labute approximate surface area is 112 Å². The lowest BCUT2D eigenvalue weighted by Crippen LogP contribution is -2.16. The maximum Gasteiger partial charge on any atom is 0.128 e. The van der Waals surface area contributed by atoms with E-state index in [0.717, 1.165) is 21.7 Å². The van der Waals surface area contributed by atoms with Crippen LogP contribution >= 0.6 is 11.6 Å². The molecule has 0 bridgehead atoms. The molecule has 0 fully saturated rings. The van der Waals surface area contributed by atoms with Crippen LogP contribution in [0.15, 0.2) is 36.5 Å². The third-order valence-corrected chi connectivity index (χ3v) is 3.25. The van der Waals surface area contributed by atoms with E-state index in [0.29, 0.717) is 12.2 Å². The predicted molar refractivity (Wildman–Crippen MR) is 75.5 cm³/mol. The minimum absolute atomic E-state index is 0.197. The molecule has 1 heterocycles. The number of anilines is 1. The van der Waals surface area contributed by atoms with Crippen LogP contribution < -0.4 is 11.5 Å². The summed E-state index contributed by atoms with van der Waals surface area (Å²) in [6, 6.07) is 9.47. The lowest BCUT2D eigenvalue weighted by Gasteiger charge is -2.15. The van der Waals surface area contributed by atoms with Crippen LogP contribution in [0.4, 0.5) is 5.82 Å². The largest absolute Gasteiger partial charge is 0.383 e. The Hall–Kier alpha value is -1.58. The lowest BCUT2D eigenvalue weighted by atomic mass is 9.99. The fraction of sp³-hybridized carbons (Fsp3) is 0.214. The second kappa shape index (κ2) is 5.38. The summed E-state index contributed by atoms with van der Waals surface area (Å²) in [5, 5.41) is 0.729. The minimum Gasteiger partial charge on any atom is -0.383 e. The fourth-order valence-corrected chi connectivity index (χ4v) is 2.12. The van der Waals surface area contributed by atoms with Crippen LogP contribution in [0.5, 0.6) is 0 Å². The van der Waals surface area contributed by atoms with Crippen LogP contribution in [-0.2, 0) is 6.42 Å². The van der Waals surface area contributed by atoms with E-state index in [1.54, 1.807) is 6.20 Å². The number of nitrogens with two attached hydrogens (primary N) is 2. The topological polar surface area (TPSA) is 64.9 Å². The Balaban J connectivity index is 2.25. The van der Waals surface area contributed by atoms with E-state index in [1.165, 1.54) is 0 Å². The van der Waals surface area contributed by atoms with Gasteiger partial charge in [0.25, 0.3) is 0 Å². The molecule has 18 heavy (non-hydrogen) atoms. The molecule has 4 N–H and O–H groups in total. The summed E-state index contributed by atoms with van der Waals surface area (Å²) in [5.41, 5.74) is 15.0. The maximum atomic E-state index is 6.19. The molecule has 0 radical (unpaired) electrons. The predicted octanol–water partition coefficient (Wildman–Crippen LogP) is 2.87. The van der Waals surface area contributed by atoms with Crippen molar-refractivity contribution in [1.82, 2.24) is 4.98 Å². The van der Waals surface area contributed by atoms with Crippen molar-refractivity contribution >= 4 is 17.4 Å². The number of rotatable bonds is 3. The third-order valence-electron chi connectivity index (χ3n) is 2.88. The molecule has 0 aliphatic carbocycles. The Morgan fingerprint density at radius 3 is 2.78 bits per heavy atom. The van der Waals surface area contributed by atoms with Crippen molar-refractivity contribution in [2.24, 2.45) is 5.73 Å². The van der Waals surface area contributed by atoms with E-state index < -0.39 is 0 Å². The van der Waals surface area contributed by atoms with Crippen LogP contribution in [0.3, 0.4) is 0 Å². The summed E-state index contributed by atoms with van der Waals surface area (Å²) in [7, 11) is 0. The number of nitrogen functional groups attached to an aromatic ring is 1. The second-order valence-electron chi connectivity index (χ2n) is 4.39. The van der Waals surface area contributed by atoms with Gasteiger partial charge in [0.2, 0.25) is 0 Å². The summed E-state index contributed by atoms with van der Waals surface area (Å²) in [4.78, 5) is 4.13. The molecule has 0 amide bonds. The Morgan fingerprint density at radius 1 is 1.33 bits per heavy atom. The average Bonchev–Trinajstić information content (AvgIpc) is 2.35. The van der Waals surface area contributed by atoms with Crippen LogP contribution in [0.1, 0.15) is 22.7 Å². The molecular weight excluding hydrogens is 246 g/mol. The van der Waals surface area contributed by atoms with E-state index >= 15 is 0 Å². The molecule has 1 atom stereocenters. The first-order chi connectivity index (χ1) is 8.58. The maximum absolute atomic E-state index is 6.19. The first-order valence-corrected chi connectivity index (χ1v) is 6.16. The van der Waals surface area contributed by atoms with Gasteiger partial charge in [-0.2, -0.15) is 0 Å². The zero-order valence-corrected chi connectivity index (χ0v) is 11.0. The summed E-state index contributed by atoms with van der Waals surface area (Å²) in [5.74, 6) is 0.486. The van der Waals surface area contributed by atoms with Gasteiger partial charge in [0, 0.05) is 22.8 Å². The molecule has 0 aliphatic heterocycles. The number of aryl methyl sites for hydroxylation is 1. The van der Waals surface area contributed by atoms with Crippen molar-refractivity contribution in [1.29, 1.82) is 0 Å². The van der Waals surface area contributed by atoms with E-state index in [1.807, 2.05) is 37.3 Å². The number of hydrogen-bond acceptors (Lipinski definition) is 3. The first-order valence-electron chi connectivity index (χ1n) is 5.79. The number of pyridine rings is 1. The van der Waals surface area contributed by atoms with Crippen LogP contribution in [0.2, 0.25) is 5.02 Å². The van der Waals surface area contributed by atoms with Crippen LogP contribution in [0.25, 0.3) is 0 Å². The summed E-state index contributed by atoms with van der Waals surface area (Å²) < 4.78 is 0. The van der Waals surface area contributed by atoms with Gasteiger partial charge in [0.05, 0.1) is 0 Å². The Morgan fingerprint density at radius 2 is 2.06 bits per heavy atom. The zero-order valence-electron chi connectivity index (χ0n) is 10.2. The molecular formula is C14H16ClN3. The Bertz CT molecular complexity index is 554. The van der Waals surface area contributed by atoms with Crippen LogP contribution in [-0.4, -0.2) is 4.98 Å². The molecule has 0 spiro atoms. The highest BCUT2D eigenvalue weighted by molar-refractivity contribution is 6.31. The number of halogens is 1. The van der Waals surface area contributed by atoms with Crippen molar-refractivity contribution in [3.63, 3.8) is 0 Å². The summed E-state index contributed by atoms with van der Waals surface area (Å²) in [6.45, 7) is 1.97. The van der Waals surface area contributed by atoms with Gasteiger partial charge >= 0.3 is 0 Å². The molecule has 0 aliphatic rings. The highest BCUT2D eigenvalue weighted by atomic mass is 35.5. The minimum atomic E-state index is -0.197. The smallest absolute Gasteiger partial charge is 0.128 e. The quantitative estimate of drug-likeness (QED) is 0.893. The van der Waals surface area contributed by atoms with Gasteiger partial charge < -0.3 is 11.5 Å². The molecule has 2 aromatic rings. The number of benzene rings is 1. The number of aromatic nitrogens is 1. The third kappa shape index (κ3) is 2.81. The number of hydrogen-bond donors (Lipinski definition) is 2. The van der Waals surface area contributed by atoms with Gasteiger partial charge in [0.1, 0.15) is 5.82 Å². The van der Waals surface area contributed by atoms with Crippen molar-refractivity contribution in [3.05, 3.63) is 58.2 Å². The van der Waals surface area contributed by atoms with Crippen molar-refractivity contribution in [2.45, 2.75) is 19.4 Å². The first kappa shape index (κ1) is 12.9. The highest BCUT2D eigenvalue weighted by Crippen LogP contribution is 2.24. The standard InChI is InChI=1S/C14H16ClN3/c1-9-6-11(14(17)18-8-9)13(16)7-10-4-2-3-5-12(10)15/h2-6,8,13H,7,16H2,1H3,(H2,17,18). The summed E-state index contributed by atoms with van der Waals surface area (Å²) in [6.07, 6.45) is 2.38. The second-order valence-corrected chi connectivity index (χ2v) is 4.80. The molecule has 1 aromatic heterocycles. The van der Waals surface area contributed by atoms with Gasteiger partial charge in [-0.3, -0.25) is 0 Å². The van der Waals surface area contributed by atoms with Gasteiger partial charge in [-0.15, -0.1) is 0 Å².